The third-order valence-corrected chi connectivity index (χ3v) is 13.3. The van der Waals surface area contributed by atoms with E-state index in [4.69, 9.17) is 19.4 Å². The second kappa shape index (κ2) is 15.1. The molecule has 12 rings (SSSR count). The summed E-state index contributed by atoms with van der Waals surface area (Å²) in [6, 6.07) is 66.3. The predicted octanol–water partition coefficient (Wildman–Crippen LogP) is 15.7. The maximum absolute atomic E-state index is 6.63. The summed E-state index contributed by atoms with van der Waals surface area (Å²) >= 11 is 1.85. The van der Waals surface area contributed by atoms with Crippen LogP contribution in [0.2, 0.25) is 0 Å². The first-order valence-corrected chi connectivity index (χ1v) is 21.9. The summed E-state index contributed by atoms with van der Waals surface area (Å²) in [6.45, 7) is 0. The Labute approximate surface area is 362 Å². The van der Waals surface area contributed by atoms with E-state index in [0.717, 1.165) is 68.2 Å². The quantitative estimate of drug-likeness (QED) is 0.161. The van der Waals surface area contributed by atoms with E-state index in [1.807, 2.05) is 23.5 Å². The summed E-state index contributed by atoms with van der Waals surface area (Å²) in [4.78, 5) is 15.3. The lowest BCUT2D eigenvalue weighted by molar-refractivity contribution is 0.669. The number of fused-ring (bicyclic) bond motifs is 6. The first kappa shape index (κ1) is 36.1. The fourth-order valence-corrected chi connectivity index (χ4v) is 10.1. The Hall–Kier alpha value is -7.73. The standard InChI is InChI=1S/C57H37N3OS/c1-3-11-36(12-4-1)38-21-27-41(28-22-38)55-58-56(42-29-23-39(24-30-42)37-13-5-2-6-14-37)60-57(59-55)43-31-25-40(26-32-43)45-16-9-18-49-53(45)47-34-33-44(35-50(47)61-49)46-17-10-20-52-54(46)48-15-7-8-19-51(48)62-52/h1-25,27-31,33-35H,26,32H2. The highest BCUT2D eigenvalue weighted by Gasteiger charge is 2.20. The van der Waals surface area contributed by atoms with Crippen LogP contribution in [-0.2, 0) is 0 Å². The normalized spacial score (nSPS) is 12.9. The Kier molecular flexibility index (Phi) is 8.79. The van der Waals surface area contributed by atoms with Crippen LogP contribution in [0, 0.1) is 0 Å². The number of allylic oxidation sites excluding steroid dienone is 4. The molecule has 0 saturated carbocycles. The van der Waals surface area contributed by atoms with Gasteiger partial charge in [-0.25, -0.2) is 15.0 Å². The number of nitrogens with zero attached hydrogens (tertiary/aromatic N) is 3. The number of furan rings is 1. The van der Waals surface area contributed by atoms with E-state index in [-0.39, 0.29) is 0 Å². The van der Waals surface area contributed by atoms with Crippen molar-refractivity contribution in [3.63, 3.8) is 0 Å². The molecule has 3 heterocycles. The molecule has 0 saturated heterocycles. The van der Waals surface area contributed by atoms with Crippen LogP contribution in [0.4, 0.5) is 0 Å². The first-order valence-electron chi connectivity index (χ1n) is 21.0. The molecule has 11 aromatic rings. The van der Waals surface area contributed by atoms with E-state index in [0.29, 0.717) is 17.5 Å². The zero-order valence-electron chi connectivity index (χ0n) is 33.6. The third kappa shape index (κ3) is 6.42. The van der Waals surface area contributed by atoms with Crippen LogP contribution in [-0.4, -0.2) is 15.0 Å². The number of hydrogen-bond donors (Lipinski definition) is 0. The van der Waals surface area contributed by atoms with E-state index in [1.54, 1.807) is 0 Å². The molecule has 1 aliphatic carbocycles. The number of aromatic nitrogens is 3. The van der Waals surface area contributed by atoms with Crippen LogP contribution < -0.4 is 0 Å². The molecule has 292 valence electrons. The van der Waals surface area contributed by atoms with Crippen LogP contribution in [0.25, 0.3) is 109 Å². The van der Waals surface area contributed by atoms with Gasteiger partial charge in [0.25, 0.3) is 0 Å². The highest BCUT2D eigenvalue weighted by atomic mass is 32.1. The molecule has 0 atom stereocenters. The van der Waals surface area contributed by atoms with Gasteiger partial charge in [-0.05, 0) is 93.3 Å². The largest absolute Gasteiger partial charge is 0.456 e. The average Bonchev–Trinajstić information content (AvgIpc) is 3.93. The van der Waals surface area contributed by atoms with Crippen molar-refractivity contribution in [2.24, 2.45) is 0 Å². The van der Waals surface area contributed by atoms with E-state index in [9.17, 15) is 0 Å². The zero-order chi connectivity index (χ0) is 41.0. The van der Waals surface area contributed by atoms with Gasteiger partial charge in [0.15, 0.2) is 17.5 Å². The molecule has 3 aromatic heterocycles. The molecule has 0 aliphatic heterocycles. The van der Waals surface area contributed by atoms with Crippen LogP contribution in [0.3, 0.4) is 0 Å². The van der Waals surface area contributed by atoms with Crippen LogP contribution in [0.5, 0.6) is 0 Å². The molecule has 5 heteroatoms. The summed E-state index contributed by atoms with van der Waals surface area (Å²) < 4.78 is 9.23. The second-order valence-electron chi connectivity index (χ2n) is 15.8. The van der Waals surface area contributed by atoms with Crippen molar-refractivity contribution < 1.29 is 4.42 Å². The molecule has 1 aliphatic rings. The van der Waals surface area contributed by atoms with E-state index in [1.165, 1.54) is 48.0 Å². The lowest BCUT2D eigenvalue weighted by atomic mass is 9.90. The fraction of sp³-hybridized carbons (Fsp3) is 0.0351. The maximum Gasteiger partial charge on any atom is 0.164 e. The summed E-state index contributed by atoms with van der Waals surface area (Å²) in [6.07, 6.45) is 6.08. The van der Waals surface area contributed by atoms with Gasteiger partial charge >= 0.3 is 0 Å². The summed E-state index contributed by atoms with van der Waals surface area (Å²) in [7, 11) is 0. The molecule has 0 fully saturated rings. The molecule has 4 nitrogen and oxygen atoms in total. The predicted molar refractivity (Wildman–Crippen MR) is 259 cm³/mol. The Morgan fingerprint density at radius 1 is 0.355 bits per heavy atom. The maximum atomic E-state index is 6.63. The molecule has 0 bridgehead atoms. The van der Waals surface area contributed by atoms with E-state index < -0.39 is 0 Å². The molecule has 62 heavy (non-hydrogen) atoms. The minimum Gasteiger partial charge on any atom is -0.456 e. The minimum atomic E-state index is 0.657. The lowest BCUT2D eigenvalue weighted by Gasteiger charge is -2.16. The Morgan fingerprint density at radius 3 is 1.56 bits per heavy atom. The van der Waals surface area contributed by atoms with Crippen molar-refractivity contribution in [3.8, 4) is 56.2 Å². The fourth-order valence-electron chi connectivity index (χ4n) is 8.99. The third-order valence-electron chi connectivity index (χ3n) is 12.1. The SMILES string of the molecule is C1=C(c2nc(-c3ccc(-c4ccccc4)cc3)nc(-c3ccc(-c4ccccc4)cc3)n2)CCC(c2cccc3oc4cc(-c5cccc6sc7ccccc7c56)ccc4c23)=C1. The number of thiophene rings is 1. The lowest BCUT2D eigenvalue weighted by Crippen LogP contribution is -2.04. The first-order chi connectivity index (χ1) is 30.7. The van der Waals surface area contributed by atoms with E-state index >= 15 is 0 Å². The molecule has 0 N–H and O–H groups in total. The number of benzene rings is 8. The summed E-state index contributed by atoms with van der Waals surface area (Å²) in [5.41, 5.74) is 14.3. The van der Waals surface area contributed by atoms with Crippen molar-refractivity contribution in [3.05, 3.63) is 212 Å². The van der Waals surface area contributed by atoms with Crippen molar-refractivity contribution in [1.29, 1.82) is 0 Å². The van der Waals surface area contributed by atoms with Crippen LogP contribution in [0.1, 0.15) is 24.2 Å². The van der Waals surface area contributed by atoms with Gasteiger partial charge < -0.3 is 4.42 Å². The molecular formula is C57H37N3OS. The monoisotopic (exact) mass is 811 g/mol. The molecule has 0 unspecified atom stereocenters. The molecule has 0 radical (unpaired) electrons. The Morgan fingerprint density at radius 2 is 0.887 bits per heavy atom. The molecule has 0 spiro atoms. The van der Waals surface area contributed by atoms with Crippen LogP contribution >= 0.6 is 11.3 Å². The van der Waals surface area contributed by atoms with Gasteiger partial charge in [0, 0.05) is 42.1 Å². The Balaban J connectivity index is 0.913. The summed E-state index contributed by atoms with van der Waals surface area (Å²) in [5, 5.41) is 4.88. The highest BCUT2D eigenvalue weighted by Crippen LogP contribution is 2.43. The molecule has 0 amide bonds. The van der Waals surface area contributed by atoms with Gasteiger partial charge in [-0.1, -0.05) is 170 Å². The Bertz CT molecular complexity index is 3440. The number of rotatable bonds is 7. The van der Waals surface area contributed by atoms with Gasteiger partial charge in [-0.15, -0.1) is 11.3 Å². The second-order valence-corrected chi connectivity index (χ2v) is 16.9. The zero-order valence-corrected chi connectivity index (χ0v) is 34.4. The smallest absolute Gasteiger partial charge is 0.164 e. The van der Waals surface area contributed by atoms with Crippen LogP contribution in [0.15, 0.2) is 205 Å². The van der Waals surface area contributed by atoms with Crippen molar-refractivity contribution >= 4 is 64.6 Å². The summed E-state index contributed by atoms with van der Waals surface area (Å²) in [5.74, 6) is 2.02. The topological polar surface area (TPSA) is 51.8 Å². The van der Waals surface area contributed by atoms with Gasteiger partial charge in [0.05, 0.1) is 0 Å². The van der Waals surface area contributed by atoms with Crippen molar-refractivity contribution in [2.45, 2.75) is 12.8 Å². The molecular weight excluding hydrogens is 775 g/mol. The minimum absolute atomic E-state index is 0.657. The average molecular weight is 812 g/mol. The van der Waals surface area contributed by atoms with Crippen molar-refractivity contribution in [2.75, 3.05) is 0 Å². The van der Waals surface area contributed by atoms with E-state index in [2.05, 4.69) is 188 Å². The van der Waals surface area contributed by atoms with Crippen molar-refractivity contribution in [1.82, 2.24) is 15.0 Å². The highest BCUT2D eigenvalue weighted by molar-refractivity contribution is 7.25. The van der Waals surface area contributed by atoms with Gasteiger partial charge in [0.1, 0.15) is 11.2 Å². The number of hydrogen-bond acceptors (Lipinski definition) is 5. The molecule has 8 aromatic carbocycles. The van der Waals surface area contributed by atoms with Gasteiger partial charge in [-0.3, -0.25) is 0 Å². The van der Waals surface area contributed by atoms with Gasteiger partial charge in [0.2, 0.25) is 0 Å². The van der Waals surface area contributed by atoms with Gasteiger partial charge in [-0.2, -0.15) is 0 Å².